The molecule has 0 radical (unpaired) electrons. The standard InChI is InChI=1S/C23H21ClN4OS/c1-16-6-5-7-17(12-16)15-29-21-11-10-20(24)13-19(21)14-25-28-22(26-27-23(28)30)18-8-3-2-4-9-18/h2-13,25H,14-15H2,1H3,(H,27,30). The van der Waals surface area contributed by atoms with Gasteiger partial charge in [-0.2, -0.15) is 5.10 Å². The molecule has 0 spiro atoms. The number of rotatable bonds is 7. The number of H-pyrrole nitrogens is 1. The topological polar surface area (TPSA) is 54.9 Å². The SMILES string of the molecule is Cc1cccc(COc2ccc(Cl)cc2CNn2c(-c3ccccc3)n[nH]c2=S)c1. The number of ether oxygens (including phenoxy) is 1. The van der Waals surface area contributed by atoms with Crippen LogP contribution < -0.4 is 10.2 Å². The van der Waals surface area contributed by atoms with Crippen LogP contribution in [0.25, 0.3) is 11.4 Å². The van der Waals surface area contributed by atoms with Gasteiger partial charge in [0.25, 0.3) is 0 Å². The van der Waals surface area contributed by atoms with E-state index in [1.165, 1.54) is 5.56 Å². The average molecular weight is 437 g/mol. The lowest BCUT2D eigenvalue weighted by Crippen LogP contribution is -2.16. The molecule has 4 rings (SSSR count). The summed E-state index contributed by atoms with van der Waals surface area (Å²) in [7, 11) is 0. The summed E-state index contributed by atoms with van der Waals surface area (Å²) in [4.78, 5) is 0. The minimum Gasteiger partial charge on any atom is -0.489 e. The Kier molecular flexibility index (Phi) is 6.16. The molecule has 152 valence electrons. The predicted molar refractivity (Wildman–Crippen MR) is 123 cm³/mol. The Labute approximate surface area is 185 Å². The molecule has 7 heteroatoms. The molecular formula is C23H21ClN4OS. The van der Waals surface area contributed by atoms with Crippen molar-refractivity contribution in [3.05, 3.63) is 99.3 Å². The van der Waals surface area contributed by atoms with Crippen molar-refractivity contribution < 1.29 is 4.74 Å². The Morgan fingerprint density at radius 3 is 2.70 bits per heavy atom. The zero-order valence-corrected chi connectivity index (χ0v) is 18.0. The molecule has 0 aliphatic rings. The summed E-state index contributed by atoms with van der Waals surface area (Å²) in [5.74, 6) is 1.48. The minimum atomic E-state index is 0.470. The first-order chi connectivity index (χ1) is 14.6. The van der Waals surface area contributed by atoms with Crippen molar-refractivity contribution in [2.75, 3.05) is 5.43 Å². The molecule has 1 aromatic heterocycles. The van der Waals surface area contributed by atoms with Crippen LogP contribution in [0.5, 0.6) is 5.75 Å². The third kappa shape index (κ3) is 4.72. The molecule has 30 heavy (non-hydrogen) atoms. The molecule has 0 saturated heterocycles. The maximum absolute atomic E-state index is 6.24. The fourth-order valence-electron chi connectivity index (χ4n) is 3.18. The zero-order valence-electron chi connectivity index (χ0n) is 16.4. The third-order valence-corrected chi connectivity index (χ3v) is 5.14. The predicted octanol–water partition coefficient (Wildman–Crippen LogP) is 5.89. The van der Waals surface area contributed by atoms with Crippen LogP contribution >= 0.6 is 23.8 Å². The number of hydrogen-bond donors (Lipinski definition) is 2. The smallest absolute Gasteiger partial charge is 0.214 e. The number of halogens is 1. The van der Waals surface area contributed by atoms with Crippen LogP contribution in [0.2, 0.25) is 5.02 Å². The van der Waals surface area contributed by atoms with Crippen molar-refractivity contribution >= 4 is 23.8 Å². The van der Waals surface area contributed by atoms with E-state index >= 15 is 0 Å². The third-order valence-electron chi connectivity index (χ3n) is 4.63. The first-order valence-corrected chi connectivity index (χ1v) is 10.3. The van der Waals surface area contributed by atoms with E-state index in [-0.39, 0.29) is 0 Å². The number of aryl methyl sites for hydroxylation is 1. The van der Waals surface area contributed by atoms with Gasteiger partial charge in [0.05, 0.1) is 6.54 Å². The van der Waals surface area contributed by atoms with Crippen molar-refractivity contribution in [1.29, 1.82) is 0 Å². The van der Waals surface area contributed by atoms with E-state index in [1.54, 1.807) is 4.68 Å². The zero-order chi connectivity index (χ0) is 20.9. The van der Waals surface area contributed by atoms with Crippen molar-refractivity contribution in [3.8, 4) is 17.1 Å². The molecule has 0 unspecified atom stereocenters. The lowest BCUT2D eigenvalue weighted by molar-refractivity contribution is 0.303. The van der Waals surface area contributed by atoms with Crippen LogP contribution in [0.4, 0.5) is 0 Å². The summed E-state index contributed by atoms with van der Waals surface area (Å²) in [6.07, 6.45) is 0. The van der Waals surface area contributed by atoms with Crippen LogP contribution in [0.3, 0.4) is 0 Å². The van der Waals surface area contributed by atoms with Gasteiger partial charge >= 0.3 is 0 Å². The number of benzene rings is 3. The summed E-state index contributed by atoms with van der Waals surface area (Å²) < 4.78 is 8.34. The maximum Gasteiger partial charge on any atom is 0.214 e. The van der Waals surface area contributed by atoms with Gasteiger partial charge in [0.1, 0.15) is 12.4 Å². The van der Waals surface area contributed by atoms with Gasteiger partial charge in [0, 0.05) is 16.1 Å². The molecule has 0 saturated carbocycles. The van der Waals surface area contributed by atoms with E-state index in [2.05, 4.69) is 40.7 Å². The van der Waals surface area contributed by atoms with Crippen LogP contribution in [0.1, 0.15) is 16.7 Å². The van der Waals surface area contributed by atoms with Crippen LogP contribution in [0, 0.1) is 11.7 Å². The summed E-state index contributed by atoms with van der Waals surface area (Å²) >= 11 is 11.6. The van der Waals surface area contributed by atoms with Crippen molar-refractivity contribution in [3.63, 3.8) is 0 Å². The monoisotopic (exact) mass is 436 g/mol. The second kappa shape index (κ2) is 9.15. The summed E-state index contributed by atoms with van der Waals surface area (Å²) in [6, 6.07) is 23.7. The molecule has 0 aliphatic carbocycles. The summed E-state index contributed by atoms with van der Waals surface area (Å²) in [5, 5.41) is 7.84. The van der Waals surface area contributed by atoms with Gasteiger partial charge in [-0.1, -0.05) is 71.8 Å². The Balaban J connectivity index is 1.54. The van der Waals surface area contributed by atoms with Gasteiger partial charge in [-0.25, -0.2) is 9.77 Å². The van der Waals surface area contributed by atoms with Crippen LogP contribution in [0.15, 0.2) is 72.8 Å². The highest BCUT2D eigenvalue weighted by Crippen LogP contribution is 2.25. The van der Waals surface area contributed by atoms with Crippen molar-refractivity contribution in [2.45, 2.75) is 20.1 Å². The molecule has 0 aliphatic heterocycles. The molecular weight excluding hydrogens is 416 g/mol. The summed E-state index contributed by atoms with van der Waals surface area (Å²) in [6.45, 7) is 3.02. The van der Waals surface area contributed by atoms with Gasteiger partial charge < -0.3 is 10.2 Å². The number of aromatic amines is 1. The highest BCUT2D eigenvalue weighted by molar-refractivity contribution is 7.71. The molecule has 1 heterocycles. The minimum absolute atomic E-state index is 0.470. The van der Waals surface area contributed by atoms with Gasteiger partial charge in [0.15, 0.2) is 5.82 Å². The second-order valence-electron chi connectivity index (χ2n) is 6.92. The molecule has 4 aromatic rings. The number of nitrogens with zero attached hydrogens (tertiary/aromatic N) is 2. The number of hydrogen-bond acceptors (Lipinski definition) is 4. The van der Waals surface area contributed by atoms with E-state index in [9.17, 15) is 0 Å². The molecule has 2 N–H and O–H groups in total. The second-order valence-corrected chi connectivity index (χ2v) is 7.74. The summed E-state index contributed by atoms with van der Waals surface area (Å²) in [5.41, 5.74) is 7.54. The Bertz CT molecular complexity index is 1200. The van der Waals surface area contributed by atoms with Crippen LogP contribution in [-0.2, 0) is 13.2 Å². The molecule has 5 nitrogen and oxygen atoms in total. The van der Waals surface area contributed by atoms with E-state index in [1.807, 2.05) is 54.6 Å². The van der Waals surface area contributed by atoms with E-state index < -0.39 is 0 Å². The van der Waals surface area contributed by atoms with Gasteiger partial charge in [-0.15, -0.1) is 0 Å². The van der Waals surface area contributed by atoms with Gasteiger partial charge in [-0.05, 0) is 42.9 Å². The fourth-order valence-corrected chi connectivity index (χ4v) is 3.57. The largest absolute Gasteiger partial charge is 0.489 e. The van der Waals surface area contributed by atoms with Crippen LogP contribution in [-0.4, -0.2) is 14.9 Å². The lowest BCUT2D eigenvalue weighted by atomic mass is 10.1. The molecule has 0 amide bonds. The average Bonchev–Trinajstić information content (AvgIpc) is 3.12. The number of aromatic nitrogens is 3. The van der Waals surface area contributed by atoms with Crippen molar-refractivity contribution in [1.82, 2.24) is 14.9 Å². The highest BCUT2D eigenvalue weighted by atomic mass is 35.5. The highest BCUT2D eigenvalue weighted by Gasteiger charge is 2.11. The molecule has 0 atom stereocenters. The molecule has 0 fully saturated rings. The Hall–Kier alpha value is -3.09. The van der Waals surface area contributed by atoms with E-state index in [0.29, 0.717) is 28.8 Å². The number of nitrogens with one attached hydrogen (secondary N) is 2. The maximum atomic E-state index is 6.24. The first kappa shape index (κ1) is 20.2. The molecule has 0 bridgehead atoms. The normalized spacial score (nSPS) is 10.7. The van der Waals surface area contributed by atoms with Gasteiger partial charge in [-0.3, -0.25) is 0 Å². The molecule has 3 aromatic carbocycles. The Morgan fingerprint density at radius 2 is 1.90 bits per heavy atom. The van der Waals surface area contributed by atoms with Crippen molar-refractivity contribution in [2.24, 2.45) is 0 Å². The van der Waals surface area contributed by atoms with E-state index in [0.717, 1.165) is 22.4 Å². The Morgan fingerprint density at radius 1 is 1.07 bits per heavy atom. The fraction of sp³-hybridized carbons (Fsp3) is 0.130. The van der Waals surface area contributed by atoms with E-state index in [4.69, 9.17) is 28.6 Å². The van der Waals surface area contributed by atoms with Gasteiger partial charge in [0.2, 0.25) is 4.77 Å². The lowest BCUT2D eigenvalue weighted by Gasteiger charge is -2.15. The first-order valence-electron chi connectivity index (χ1n) is 9.53. The quantitative estimate of drug-likeness (QED) is 0.354.